The number of benzene rings is 1. The average Bonchev–Trinajstić information content (AvgIpc) is 2.79. The van der Waals surface area contributed by atoms with Crippen molar-refractivity contribution in [3.8, 4) is 0 Å². The maximum Gasteiger partial charge on any atom is 0.238 e. The van der Waals surface area contributed by atoms with E-state index in [9.17, 15) is 4.79 Å². The number of hydrogen-bond acceptors (Lipinski definition) is 3. The van der Waals surface area contributed by atoms with Gasteiger partial charge in [0, 0.05) is 18.3 Å². The molecular formula is C14H22ClN3O. The third-order valence-corrected chi connectivity index (χ3v) is 3.54. The minimum atomic E-state index is 0. The van der Waals surface area contributed by atoms with E-state index in [2.05, 4.69) is 10.2 Å². The molecule has 2 rings (SSSR count). The van der Waals surface area contributed by atoms with Crippen molar-refractivity contribution >= 4 is 24.0 Å². The Kier molecular flexibility index (Phi) is 6.28. The number of nitrogens with zero attached hydrogens (tertiary/aromatic N) is 1. The first-order valence-corrected chi connectivity index (χ1v) is 6.50. The normalized spacial score (nSPS) is 18.9. The summed E-state index contributed by atoms with van der Waals surface area (Å²) in [4.78, 5) is 14.2. The highest BCUT2D eigenvalue weighted by molar-refractivity contribution is 5.92. The molecule has 106 valence electrons. The molecule has 1 heterocycles. The van der Waals surface area contributed by atoms with Crippen molar-refractivity contribution < 1.29 is 4.79 Å². The Hall–Kier alpha value is -1.10. The van der Waals surface area contributed by atoms with Crippen molar-refractivity contribution in [2.24, 2.45) is 5.73 Å². The van der Waals surface area contributed by atoms with Gasteiger partial charge in [0.1, 0.15) is 0 Å². The van der Waals surface area contributed by atoms with E-state index in [-0.39, 0.29) is 18.3 Å². The predicted octanol–water partition coefficient (Wildman–Crippen LogP) is 1.78. The van der Waals surface area contributed by atoms with Crippen LogP contribution in [0.5, 0.6) is 0 Å². The number of anilines is 1. The fraction of sp³-hybridized carbons (Fsp3) is 0.500. The molecule has 4 nitrogen and oxygen atoms in total. The number of aryl methyl sites for hydroxylation is 1. The van der Waals surface area contributed by atoms with Crippen LogP contribution in [0.4, 0.5) is 5.69 Å². The Morgan fingerprint density at radius 2 is 2.21 bits per heavy atom. The van der Waals surface area contributed by atoms with Gasteiger partial charge in [0.2, 0.25) is 5.91 Å². The van der Waals surface area contributed by atoms with E-state index in [0.29, 0.717) is 19.1 Å². The average molecular weight is 284 g/mol. The lowest BCUT2D eigenvalue weighted by molar-refractivity contribution is -0.117. The third-order valence-electron chi connectivity index (χ3n) is 3.54. The summed E-state index contributed by atoms with van der Waals surface area (Å²) in [6.07, 6.45) is 2.24. The van der Waals surface area contributed by atoms with Gasteiger partial charge in [-0.05, 0) is 37.9 Å². The Morgan fingerprint density at radius 3 is 2.89 bits per heavy atom. The molecule has 0 aromatic heterocycles. The lowest BCUT2D eigenvalue weighted by Gasteiger charge is -2.22. The lowest BCUT2D eigenvalue weighted by Crippen LogP contribution is -2.40. The molecule has 1 fully saturated rings. The van der Waals surface area contributed by atoms with Crippen molar-refractivity contribution in [1.82, 2.24) is 4.90 Å². The van der Waals surface area contributed by atoms with Crippen molar-refractivity contribution in [1.29, 1.82) is 0 Å². The predicted molar refractivity (Wildman–Crippen MR) is 80.7 cm³/mol. The maximum absolute atomic E-state index is 12.0. The number of nitrogens with two attached hydrogens (primary N) is 1. The summed E-state index contributed by atoms with van der Waals surface area (Å²) < 4.78 is 0. The van der Waals surface area contributed by atoms with Gasteiger partial charge in [-0.1, -0.05) is 18.2 Å². The summed E-state index contributed by atoms with van der Waals surface area (Å²) in [5, 5.41) is 2.96. The highest BCUT2D eigenvalue weighted by Gasteiger charge is 2.24. The molecule has 1 aromatic rings. The number of likely N-dealkylation sites (tertiary alicyclic amines) is 1. The van der Waals surface area contributed by atoms with Gasteiger partial charge in [-0.25, -0.2) is 0 Å². The molecule has 1 unspecified atom stereocenters. The smallest absolute Gasteiger partial charge is 0.238 e. The summed E-state index contributed by atoms with van der Waals surface area (Å²) >= 11 is 0. The number of amides is 1. The summed E-state index contributed by atoms with van der Waals surface area (Å²) in [6.45, 7) is 4.05. The van der Waals surface area contributed by atoms with Crippen LogP contribution in [-0.2, 0) is 4.79 Å². The zero-order chi connectivity index (χ0) is 13.0. The molecule has 3 N–H and O–H groups in total. The highest BCUT2D eigenvalue weighted by atomic mass is 35.5. The molecule has 0 radical (unpaired) electrons. The van der Waals surface area contributed by atoms with E-state index in [0.717, 1.165) is 30.6 Å². The van der Waals surface area contributed by atoms with Gasteiger partial charge in [0.15, 0.2) is 0 Å². The second kappa shape index (κ2) is 7.48. The second-order valence-electron chi connectivity index (χ2n) is 4.87. The number of para-hydroxylation sites is 1. The summed E-state index contributed by atoms with van der Waals surface area (Å²) in [5.41, 5.74) is 7.68. The summed E-state index contributed by atoms with van der Waals surface area (Å²) in [6, 6.07) is 8.19. The number of carbonyl (C=O) groups excluding carboxylic acids is 1. The topological polar surface area (TPSA) is 58.4 Å². The number of halogens is 1. The van der Waals surface area contributed by atoms with E-state index in [1.54, 1.807) is 0 Å². The molecule has 0 saturated carbocycles. The fourth-order valence-electron chi connectivity index (χ4n) is 2.46. The minimum Gasteiger partial charge on any atom is -0.329 e. The molecule has 1 aliphatic rings. The number of carbonyl (C=O) groups is 1. The van der Waals surface area contributed by atoms with Crippen LogP contribution in [0, 0.1) is 6.92 Å². The van der Waals surface area contributed by atoms with Crippen LogP contribution in [0.25, 0.3) is 0 Å². The van der Waals surface area contributed by atoms with Crippen LogP contribution in [-0.4, -0.2) is 36.5 Å². The van der Waals surface area contributed by atoms with Crippen LogP contribution >= 0.6 is 12.4 Å². The van der Waals surface area contributed by atoms with Crippen molar-refractivity contribution in [2.75, 3.05) is 25.0 Å². The van der Waals surface area contributed by atoms with Gasteiger partial charge in [-0.15, -0.1) is 12.4 Å². The standard InChI is InChI=1S/C14H21N3O.ClH/c1-11-5-2-3-7-13(11)16-14(18)10-17-8-4-6-12(17)9-15;/h2-3,5,7,12H,4,6,8-10,15H2,1H3,(H,16,18);1H. The molecule has 0 bridgehead atoms. The molecule has 1 aromatic carbocycles. The molecule has 0 aliphatic carbocycles. The first-order chi connectivity index (χ1) is 8.70. The zero-order valence-corrected chi connectivity index (χ0v) is 12.1. The molecule has 1 saturated heterocycles. The third kappa shape index (κ3) is 4.20. The molecule has 5 heteroatoms. The minimum absolute atomic E-state index is 0. The van der Waals surface area contributed by atoms with Crippen LogP contribution in [0.3, 0.4) is 0 Å². The van der Waals surface area contributed by atoms with Crippen LogP contribution in [0.1, 0.15) is 18.4 Å². The van der Waals surface area contributed by atoms with E-state index < -0.39 is 0 Å². The zero-order valence-electron chi connectivity index (χ0n) is 11.3. The van der Waals surface area contributed by atoms with Gasteiger partial charge in [-0.2, -0.15) is 0 Å². The molecule has 1 aliphatic heterocycles. The van der Waals surface area contributed by atoms with Gasteiger partial charge in [-0.3, -0.25) is 9.69 Å². The number of nitrogens with one attached hydrogen (secondary N) is 1. The highest BCUT2D eigenvalue weighted by Crippen LogP contribution is 2.17. The molecule has 1 amide bonds. The lowest BCUT2D eigenvalue weighted by atomic mass is 10.2. The van der Waals surface area contributed by atoms with Gasteiger partial charge in [0.05, 0.1) is 6.54 Å². The molecular weight excluding hydrogens is 262 g/mol. The molecule has 0 spiro atoms. The summed E-state index contributed by atoms with van der Waals surface area (Å²) in [5.74, 6) is 0.0460. The van der Waals surface area contributed by atoms with E-state index in [1.807, 2.05) is 31.2 Å². The Balaban J connectivity index is 0.00000180. The van der Waals surface area contributed by atoms with Crippen molar-refractivity contribution in [2.45, 2.75) is 25.8 Å². The Morgan fingerprint density at radius 1 is 1.47 bits per heavy atom. The van der Waals surface area contributed by atoms with E-state index in [4.69, 9.17) is 5.73 Å². The number of rotatable bonds is 4. The SMILES string of the molecule is Cc1ccccc1NC(=O)CN1CCCC1CN.Cl. The first kappa shape index (κ1) is 16.0. The molecule has 19 heavy (non-hydrogen) atoms. The monoisotopic (exact) mass is 283 g/mol. The Labute approximate surface area is 120 Å². The van der Waals surface area contributed by atoms with Crippen LogP contribution < -0.4 is 11.1 Å². The van der Waals surface area contributed by atoms with Gasteiger partial charge < -0.3 is 11.1 Å². The van der Waals surface area contributed by atoms with E-state index in [1.165, 1.54) is 0 Å². The van der Waals surface area contributed by atoms with Gasteiger partial charge in [0.25, 0.3) is 0 Å². The Bertz CT molecular complexity index is 425. The number of hydrogen-bond donors (Lipinski definition) is 2. The quantitative estimate of drug-likeness (QED) is 0.886. The maximum atomic E-state index is 12.0. The fourth-order valence-corrected chi connectivity index (χ4v) is 2.46. The summed E-state index contributed by atoms with van der Waals surface area (Å²) in [7, 11) is 0. The largest absolute Gasteiger partial charge is 0.329 e. The van der Waals surface area contributed by atoms with Crippen molar-refractivity contribution in [3.63, 3.8) is 0 Å². The van der Waals surface area contributed by atoms with E-state index >= 15 is 0 Å². The van der Waals surface area contributed by atoms with Gasteiger partial charge >= 0.3 is 0 Å². The first-order valence-electron chi connectivity index (χ1n) is 6.50. The van der Waals surface area contributed by atoms with Crippen molar-refractivity contribution in [3.05, 3.63) is 29.8 Å². The van der Waals surface area contributed by atoms with Crippen LogP contribution in [0.2, 0.25) is 0 Å². The second-order valence-corrected chi connectivity index (χ2v) is 4.87. The van der Waals surface area contributed by atoms with Crippen LogP contribution in [0.15, 0.2) is 24.3 Å². The molecule has 1 atom stereocenters.